The van der Waals surface area contributed by atoms with Gasteiger partial charge in [-0.2, -0.15) is 0 Å². The molecule has 0 aliphatic heterocycles. The summed E-state index contributed by atoms with van der Waals surface area (Å²) >= 11 is 0. The van der Waals surface area contributed by atoms with Crippen molar-refractivity contribution in [3.8, 4) is 11.5 Å². The number of anilines is 1. The maximum Gasteiger partial charge on any atom is 0.270 e. The summed E-state index contributed by atoms with van der Waals surface area (Å²) in [5.74, 6) is 0.905. The highest BCUT2D eigenvalue weighted by Crippen LogP contribution is 2.28. The van der Waals surface area contributed by atoms with Gasteiger partial charge < -0.3 is 15.1 Å². The molecule has 2 N–H and O–H groups in total. The Labute approximate surface area is 164 Å². The zero-order valence-electron chi connectivity index (χ0n) is 16.5. The molecule has 2 aromatic carbocycles. The van der Waals surface area contributed by atoms with Crippen LogP contribution in [0.15, 0.2) is 69.0 Å². The summed E-state index contributed by atoms with van der Waals surface area (Å²) in [5, 5.41) is 8.28. The van der Waals surface area contributed by atoms with Crippen molar-refractivity contribution in [3.05, 3.63) is 66.1 Å². The lowest BCUT2D eigenvalue weighted by Crippen LogP contribution is -2.26. The van der Waals surface area contributed by atoms with Crippen molar-refractivity contribution in [2.45, 2.75) is 13.0 Å². The molecule has 28 heavy (non-hydrogen) atoms. The third kappa shape index (κ3) is 4.09. The Kier molecular flexibility index (Phi) is 5.84. The fraction of sp³-hybridized carbons (Fsp3) is 0.238. The lowest BCUT2D eigenvalue weighted by molar-refractivity contribution is 0.558. The van der Waals surface area contributed by atoms with E-state index in [1.54, 1.807) is 7.05 Å². The third-order valence-corrected chi connectivity index (χ3v) is 4.32. The number of hydrogen-bond acceptors (Lipinski definition) is 6. The second kappa shape index (κ2) is 8.47. The predicted molar refractivity (Wildman–Crippen MR) is 113 cm³/mol. The van der Waals surface area contributed by atoms with Gasteiger partial charge in [0.15, 0.2) is 5.71 Å². The Bertz CT molecular complexity index is 991. The molecule has 1 aromatic heterocycles. The van der Waals surface area contributed by atoms with Crippen molar-refractivity contribution in [1.29, 1.82) is 0 Å². The number of benzene rings is 2. The van der Waals surface area contributed by atoms with Crippen molar-refractivity contribution in [3.63, 3.8) is 0 Å². The lowest BCUT2D eigenvalue weighted by Gasteiger charge is -2.20. The molecule has 0 bridgehead atoms. The maximum atomic E-state index is 6.10. The molecule has 144 valence electrons. The molecular weight excluding hydrogens is 352 g/mol. The van der Waals surface area contributed by atoms with Crippen LogP contribution in [0.3, 0.4) is 0 Å². The van der Waals surface area contributed by atoms with E-state index in [-0.39, 0.29) is 17.8 Å². The molecule has 7 heteroatoms. The molecule has 0 radical (unpaired) electrons. The minimum absolute atomic E-state index is 0.180. The number of para-hydroxylation sites is 1. The average molecular weight is 376 g/mol. The van der Waals surface area contributed by atoms with Crippen molar-refractivity contribution >= 4 is 17.2 Å². The summed E-state index contributed by atoms with van der Waals surface area (Å²) in [6.45, 7) is 2.00. The van der Waals surface area contributed by atoms with Crippen molar-refractivity contribution in [1.82, 2.24) is 10.2 Å². The average Bonchev–Trinajstić information content (AvgIpc) is 3.21. The molecule has 0 aliphatic carbocycles. The lowest BCUT2D eigenvalue weighted by atomic mass is 10.1. The van der Waals surface area contributed by atoms with Crippen LogP contribution in [0.25, 0.3) is 11.5 Å². The van der Waals surface area contributed by atoms with E-state index in [1.807, 2.05) is 69.6 Å². The molecule has 3 aromatic rings. The van der Waals surface area contributed by atoms with E-state index >= 15 is 0 Å². The van der Waals surface area contributed by atoms with E-state index in [4.69, 9.17) is 15.1 Å². The van der Waals surface area contributed by atoms with Gasteiger partial charge in [-0.1, -0.05) is 36.4 Å². The monoisotopic (exact) mass is 376 g/mol. The Morgan fingerprint density at radius 2 is 1.71 bits per heavy atom. The first kappa shape index (κ1) is 19.3. The second-order valence-corrected chi connectivity index (χ2v) is 6.49. The van der Waals surface area contributed by atoms with Gasteiger partial charge in [-0.15, -0.1) is 10.2 Å². The number of hydrogen-bond donors (Lipinski definition) is 1. The zero-order chi connectivity index (χ0) is 20.1. The molecule has 0 fully saturated rings. The van der Waals surface area contributed by atoms with Crippen LogP contribution < -0.4 is 10.6 Å². The number of nitrogens with zero attached hydrogens (tertiary/aromatic N) is 5. The maximum absolute atomic E-state index is 6.10. The molecule has 1 atom stereocenters. The van der Waals surface area contributed by atoms with Gasteiger partial charge in [0, 0.05) is 32.4 Å². The molecule has 1 heterocycles. The number of aromatic nitrogens is 2. The Balaban J connectivity index is 2.01. The highest BCUT2D eigenvalue weighted by atomic mass is 16.4. The van der Waals surface area contributed by atoms with Crippen LogP contribution in [0.5, 0.6) is 0 Å². The number of aliphatic imine (C=N–C) groups is 2. The van der Waals surface area contributed by atoms with E-state index in [0.29, 0.717) is 11.6 Å². The summed E-state index contributed by atoms with van der Waals surface area (Å²) in [7, 11) is 5.61. The van der Waals surface area contributed by atoms with Crippen molar-refractivity contribution in [2.75, 3.05) is 26.0 Å². The molecule has 0 spiro atoms. The Hall–Kier alpha value is -3.48. The number of rotatable bonds is 6. The Morgan fingerprint density at radius 1 is 1.04 bits per heavy atom. The summed E-state index contributed by atoms with van der Waals surface area (Å²) in [6, 6.07) is 17.5. The van der Waals surface area contributed by atoms with Crippen LogP contribution in [-0.4, -0.2) is 42.9 Å². The second-order valence-electron chi connectivity index (χ2n) is 6.49. The van der Waals surface area contributed by atoms with Crippen molar-refractivity contribution < 1.29 is 4.42 Å². The minimum atomic E-state index is -0.180. The van der Waals surface area contributed by atoms with E-state index in [0.717, 1.165) is 16.8 Å². The molecule has 0 saturated heterocycles. The van der Waals surface area contributed by atoms with Crippen molar-refractivity contribution in [2.24, 2.45) is 15.7 Å². The largest absolute Gasteiger partial charge is 0.414 e. The molecule has 1 unspecified atom stereocenters. The van der Waals surface area contributed by atoms with E-state index in [1.165, 1.54) is 0 Å². The molecule has 0 saturated carbocycles. The first-order chi connectivity index (χ1) is 13.5. The van der Waals surface area contributed by atoms with Crippen LogP contribution in [0.2, 0.25) is 0 Å². The third-order valence-electron chi connectivity index (χ3n) is 4.32. The SMILES string of the molecule is CN=C(N)C(=NC(C)c1ccccc1N(C)C)c1nnc(-c2ccccc2)o1. The van der Waals surface area contributed by atoms with Crippen LogP contribution in [0, 0.1) is 0 Å². The van der Waals surface area contributed by atoms with E-state index in [2.05, 4.69) is 26.2 Å². The first-order valence-electron chi connectivity index (χ1n) is 8.97. The number of amidine groups is 1. The normalized spacial score (nSPS) is 13.4. The van der Waals surface area contributed by atoms with E-state index in [9.17, 15) is 0 Å². The quantitative estimate of drug-likeness (QED) is 0.526. The first-order valence-corrected chi connectivity index (χ1v) is 8.97. The van der Waals surface area contributed by atoms with Crippen LogP contribution in [0.1, 0.15) is 24.4 Å². The number of nitrogens with two attached hydrogens (primary N) is 1. The highest BCUT2D eigenvalue weighted by molar-refractivity contribution is 6.45. The topological polar surface area (TPSA) is 92.9 Å². The van der Waals surface area contributed by atoms with Crippen LogP contribution in [0.4, 0.5) is 5.69 Å². The zero-order valence-corrected chi connectivity index (χ0v) is 16.5. The Morgan fingerprint density at radius 3 is 2.39 bits per heavy atom. The highest BCUT2D eigenvalue weighted by Gasteiger charge is 2.20. The van der Waals surface area contributed by atoms with E-state index < -0.39 is 0 Å². The predicted octanol–water partition coefficient (Wildman–Crippen LogP) is 3.34. The molecule has 7 nitrogen and oxygen atoms in total. The summed E-state index contributed by atoms with van der Waals surface area (Å²) in [5.41, 5.74) is 9.47. The minimum Gasteiger partial charge on any atom is -0.414 e. The fourth-order valence-electron chi connectivity index (χ4n) is 2.86. The van der Waals surface area contributed by atoms with Gasteiger partial charge in [0.1, 0.15) is 5.84 Å². The van der Waals surface area contributed by atoms with Gasteiger partial charge in [0.25, 0.3) is 5.89 Å². The summed E-state index contributed by atoms with van der Waals surface area (Å²) < 4.78 is 5.85. The standard InChI is InChI=1S/C21H24N6O/c1-14(16-12-8-9-13-17(16)27(3)4)24-18(19(22)23-2)21-26-25-20(28-21)15-10-6-5-7-11-15/h5-14H,1-4H3,(H2,22,23). The van der Waals surface area contributed by atoms with Gasteiger partial charge in [-0.3, -0.25) is 9.98 Å². The van der Waals surface area contributed by atoms with Crippen LogP contribution in [-0.2, 0) is 0 Å². The molecular formula is C21H24N6O. The molecule has 3 rings (SSSR count). The van der Waals surface area contributed by atoms with Gasteiger partial charge in [-0.25, -0.2) is 0 Å². The summed E-state index contributed by atoms with van der Waals surface area (Å²) in [6.07, 6.45) is 0. The van der Waals surface area contributed by atoms with Gasteiger partial charge in [0.2, 0.25) is 5.89 Å². The van der Waals surface area contributed by atoms with Gasteiger partial charge in [-0.05, 0) is 30.7 Å². The smallest absolute Gasteiger partial charge is 0.270 e. The summed E-state index contributed by atoms with van der Waals surface area (Å²) in [4.78, 5) is 10.9. The molecule has 0 amide bonds. The van der Waals surface area contributed by atoms with Gasteiger partial charge in [0.05, 0.1) is 6.04 Å². The molecule has 0 aliphatic rings. The van der Waals surface area contributed by atoms with Gasteiger partial charge >= 0.3 is 0 Å². The van der Waals surface area contributed by atoms with Crippen LogP contribution >= 0.6 is 0 Å². The fourth-order valence-corrected chi connectivity index (χ4v) is 2.86.